The fourth-order valence-electron chi connectivity index (χ4n) is 0.934. The Hall–Kier alpha value is -0.810. The van der Waals surface area contributed by atoms with E-state index in [1.165, 1.54) is 0 Å². The van der Waals surface area contributed by atoms with Gasteiger partial charge in [-0.15, -0.1) is 11.8 Å². The Labute approximate surface area is 80.7 Å². The summed E-state index contributed by atoms with van der Waals surface area (Å²) in [6.45, 7) is 3.76. The van der Waals surface area contributed by atoms with Crippen molar-refractivity contribution in [3.05, 3.63) is 0 Å². The highest BCUT2D eigenvalue weighted by Gasteiger charge is 2.04. The number of ketones is 1. The zero-order chi connectivity index (χ0) is 10.1. The van der Waals surface area contributed by atoms with Gasteiger partial charge in [0.25, 0.3) is 0 Å². The van der Waals surface area contributed by atoms with Crippen molar-refractivity contribution in [2.24, 2.45) is 0 Å². The number of methoxy groups -OCH3 is 1. The van der Waals surface area contributed by atoms with Gasteiger partial charge in [0.05, 0.1) is 6.10 Å². The summed E-state index contributed by atoms with van der Waals surface area (Å²) in [4.78, 5) is 11.2. The van der Waals surface area contributed by atoms with Crippen molar-refractivity contribution in [3.8, 4) is 11.8 Å². The van der Waals surface area contributed by atoms with Gasteiger partial charge in [0, 0.05) is 26.4 Å². The van der Waals surface area contributed by atoms with Crippen molar-refractivity contribution in [1.82, 2.24) is 0 Å². The van der Waals surface area contributed by atoms with E-state index in [0.29, 0.717) is 19.3 Å². The normalized spacial score (nSPS) is 11.6. The van der Waals surface area contributed by atoms with E-state index in [2.05, 4.69) is 11.8 Å². The molecule has 0 fully saturated rings. The monoisotopic (exact) mass is 182 g/mol. The van der Waals surface area contributed by atoms with Crippen LogP contribution in [0.3, 0.4) is 0 Å². The highest BCUT2D eigenvalue weighted by Crippen LogP contribution is 2.03. The van der Waals surface area contributed by atoms with Gasteiger partial charge in [0.15, 0.2) is 0 Å². The predicted molar refractivity (Wildman–Crippen MR) is 53.4 cm³/mol. The molecule has 0 saturated carbocycles. The predicted octanol–water partition coefficient (Wildman–Crippen LogP) is 2.17. The Balaban J connectivity index is 3.44. The number of carbonyl (C=O) groups excluding carboxylic acids is 1. The van der Waals surface area contributed by atoms with Crippen LogP contribution in [0, 0.1) is 11.8 Å². The largest absolute Gasteiger partial charge is 0.382 e. The van der Waals surface area contributed by atoms with Crippen molar-refractivity contribution < 1.29 is 9.53 Å². The molecular weight excluding hydrogens is 164 g/mol. The van der Waals surface area contributed by atoms with Gasteiger partial charge in [0.1, 0.15) is 5.78 Å². The zero-order valence-electron chi connectivity index (χ0n) is 8.72. The van der Waals surface area contributed by atoms with E-state index in [-0.39, 0.29) is 11.9 Å². The summed E-state index contributed by atoms with van der Waals surface area (Å²) >= 11 is 0. The molecule has 0 saturated heterocycles. The standard InChI is InChI=1S/C11H18O2/c1-4-5-6-7-11(12)9-8-10(2)13-3/h10H,6-9H2,1-3H3. The summed E-state index contributed by atoms with van der Waals surface area (Å²) < 4.78 is 5.05. The second-order valence-electron chi connectivity index (χ2n) is 3.05. The SMILES string of the molecule is CC#CCCC(=O)CCC(C)OC. The van der Waals surface area contributed by atoms with Gasteiger partial charge in [0.2, 0.25) is 0 Å². The number of carbonyl (C=O) groups is 1. The molecule has 0 bridgehead atoms. The van der Waals surface area contributed by atoms with E-state index in [4.69, 9.17) is 4.74 Å². The molecule has 0 radical (unpaired) electrons. The first-order valence-electron chi connectivity index (χ1n) is 4.64. The minimum Gasteiger partial charge on any atom is -0.382 e. The van der Waals surface area contributed by atoms with Gasteiger partial charge in [-0.25, -0.2) is 0 Å². The number of Topliss-reactive ketones (excluding diaryl/α,β-unsaturated/α-hetero) is 1. The number of ether oxygens (including phenoxy) is 1. The van der Waals surface area contributed by atoms with Crippen LogP contribution in [0.2, 0.25) is 0 Å². The third-order valence-corrected chi connectivity index (χ3v) is 1.94. The van der Waals surface area contributed by atoms with Crippen LogP contribution in [0.4, 0.5) is 0 Å². The van der Waals surface area contributed by atoms with Crippen LogP contribution in [0.5, 0.6) is 0 Å². The average molecular weight is 182 g/mol. The second-order valence-corrected chi connectivity index (χ2v) is 3.05. The molecule has 0 aliphatic carbocycles. The minimum absolute atomic E-state index is 0.182. The molecule has 0 aliphatic heterocycles. The van der Waals surface area contributed by atoms with Gasteiger partial charge in [-0.05, 0) is 20.3 Å². The maximum atomic E-state index is 11.2. The van der Waals surface area contributed by atoms with E-state index < -0.39 is 0 Å². The Morgan fingerprint density at radius 3 is 2.69 bits per heavy atom. The van der Waals surface area contributed by atoms with E-state index >= 15 is 0 Å². The van der Waals surface area contributed by atoms with Gasteiger partial charge < -0.3 is 4.74 Å². The van der Waals surface area contributed by atoms with Crippen LogP contribution in [0.1, 0.15) is 39.5 Å². The molecule has 0 heterocycles. The van der Waals surface area contributed by atoms with Gasteiger partial charge in [-0.3, -0.25) is 4.79 Å². The quantitative estimate of drug-likeness (QED) is 0.588. The Morgan fingerprint density at radius 2 is 2.15 bits per heavy atom. The first-order valence-corrected chi connectivity index (χ1v) is 4.64. The third-order valence-electron chi connectivity index (χ3n) is 1.94. The van der Waals surface area contributed by atoms with Crippen LogP contribution < -0.4 is 0 Å². The number of rotatable bonds is 6. The fraction of sp³-hybridized carbons (Fsp3) is 0.727. The molecule has 0 N–H and O–H groups in total. The Bertz CT molecular complexity index is 198. The van der Waals surface area contributed by atoms with Crippen LogP contribution in [0.15, 0.2) is 0 Å². The molecule has 0 amide bonds. The number of hydrogen-bond acceptors (Lipinski definition) is 2. The first kappa shape index (κ1) is 12.2. The molecule has 0 aromatic rings. The van der Waals surface area contributed by atoms with Gasteiger partial charge >= 0.3 is 0 Å². The van der Waals surface area contributed by atoms with Gasteiger partial charge in [-0.1, -0.05) is 0 Å². The lowest BCUT2D eigenvalue weighted by Gasteiger charge is -2.07. The van der Waals surface area contributed by atoms with Crippen molar-refractivity contribution in [1.29, 1.82) is 0 Å². The molecule has 2 heteroatoms. The summed E-state index contributed by atoms with van der Waals surface area (Å²) in [7, 11) is 1.66. The lowest BCUT2D eigenvalue weighted by molar-refractivity contribution is -0.119. The first-order chi connectivity index (χ1) is 6.20. The van der Waals surface area contributed by atoms with Gasteiger partial charge in [-0.2, -0.15) is 0 Å². The summed E-state index contributed by atoms with van der Waals surface area (Å²) in [5.74, 6) is 5.93. The summed E-state index contributed by atoms with van der Waals surface area (Å²) in [6.07, 6.45) is 2.88. The molecule has 1 unspecified atom stereocenters. The smallest absolute Gasteiger partial charge is 0.133 e. The lowest BCUT2D eigenvalue weighted by Crippen LogP contribution is -2.08. The highest BCUT2D eigenvalue weighted by molar-refractivity contribution is 5.78. The second kappa shape index (κ2) is 7.82. The van der Waals surface area contributed by atoms with Crippen LogP contribution >= 0.6 is 0 Å². The van der Waals surface area contributed by atoms with Crippen molar-refractivity contribution in [2.75, 3.05) is 7.11 Å². The topological polar surface area (TPSA) is 26.3 Å². The zero-order valence-corrected chi connectivity index (χ0v) is 8.72. The maximum Gasteiger partial charge on any atom is 0.133 e. The molecular formula is C11H18O2. The van der Waals surface area contributed by atoms with E-state index in [9.17, 15) is 4.79 Å². The van der Waals surface area contributed by atoms with Crippen molar-refractivity contribution >= 4 is 5.78 Å². The van der Waals surface area contributed by atoms with E-state index in [1.807, 2.05) is 6.92 Å². The third kappa shape index (κ3) is 7.55. The molecule has 0 aromatic carbocycles. The summed E-state index contributed by atoms with van der Waals surface area (Å²) in [6, 6.07) is 0. The minimum atomic E-state index is 0.182. The fourth-order valence-corrected chi connectivity index (χ4v) is 0.934. The molecule has 0 aliphatic rings. The Kier molecular flexibility index (Phi) is 7.33. The van der Waals surface area contributed by atoms with Crippen LogP contribution in [-0.2, 0) is 9.53 Å². The Morgan fingerprint density at radius 1 is 1.46 bits per heavy atom. The van der Waals surface area contributed by atoms with Crippen LogP contribution in [-0.4, -0.2) is 19.0 Å². The van der Waals surface area contributed by atoms with E-state index in [0.717, 1.165) is 6.42 Å². The molecule has 74 valence electrons. The van der Waals surface area contributed by atoms with Crippen molar-refractivity contribution in [3.63, 3.8) is 0 Å². The molecule has 0 aromatic heterocycles. The van der Waals surface area contributed by atoms with Crippen LogP contribution in [0.25, 0.3) is 0 Å². The molecule has 1 atom stereocenters. The number of hydrogen-bond donors (Lipinski definition) is 0. The molecule has 0 spiro atoms. The van der Waals surface area contributed by atoms with Crippen molar-refractivity contribution in [2.45, 2.75) is 45.6 Å². The lowest BCUT2D eigenvalue weighted by atomic mass is 10.1. The average Bonchev–Trinajstić information content (AvgIpc) is 2.14. The molecule has 0 rings (SSSR count). The summed E-state index contributed by atoms with van der Waals surface area (Å²) in [5.41, 5.74) is 0. The summed E-state index contributed by atoms with van der Waals surface area (Å²) in [5, 5.41) is 0. The molecule has 2 nitrogen and oxygen atoms in total. The molecule has 13 heavy (non-hydrogen) atoms. The maximum absolute atomic E-state index is 11.2. The highest BCUT2D eigenvalue weighted by atomic mass is 16.5. The van der Waals surface area contributed by atoms with E-state index in [1.54, 1.807) is 14.0 Å².